The van der Waals surface area contributed by atoms with E-state index >= 15 is 0 Å². The Morgan fingerprint density at radius 1 is 1.00 bits per heavy atom. The average Bonchev–Trinajstić information content (AvgIpc) is 2.79. The van der Waals surface area contributed by atoms with Crippen molar-refractivity contribution in [3.05, 3.63) is 71.8 Å². The van der Waals surface area contributed by atoms with Crippen molar-refractivity contribution < 1.29 is 4.84 Å². The van der Waals surface area contributed by atoms with Crippen molar-refractivity contribution >= 4 is 5.71 Å². The van der Waals surface area contributed by atoms with Gasteiger partial charge in [-0.1, -0.05) is 79.2 Å². The summed E-state index contributed by atoms with van der Waals surface area (Å²) in [4.78, 5) is 8.42. The van der Waals surface area contributed by atoms with Gasteiger partial charge in [0.2, 0.25) is 0 Å². The maximum absolute atomic E-state index is 5.77. The first-order valence-electron chi connectivity index (χ1n) is 11.4. The first-order chi connectivity index (χ1) is 14.4. The summed E-state index contributed by atoms with van der Waals surface area (Å²) >= 11 is 0. The van der Waals surface area contributed by atoms with Crippen LogP contribution in [-0.4, -0.2) is 36.3 Å². The molecule has 1 atom stereocenters. The number of likely N-dealkylation sites (tertiary alicyclic amines) is 1. The van der Waals surface area contributed by atoms with Gasteiger partial charge in [0.05, 0.1) is 5.71 Å². The topological polar surface area (TPSA) is 24.8 Å². The molecule has 3 heteroatoms. The quantitative estimate of drug-likeness (QED) is 0.263. The van der Waals surface area contributed by atoms with Gasteiger partial charge in [-0.05, 0) is 62.6 Å². The smallest absolute Gasteiger partial charge is 0.118 e. The van der Waals surface area contributed by atoms with Crippen LogP contribution in [0.15, 0.2) is 65.8 Å². The fourth-order valence-electron chi connectivity index (χ4n) is 4.25. The molecule has 3 rings (SSSR count). The third kappa shape index (κ3) is 7.32. The molecule has 1 fully saturated rings. The number of aryl methyl sites for hydroxylation is 1. The second-order valence-electron chi connectivity index (χ2n) is 8.02. The number of rotatable bonds is 11. The van der Waals surface area contributed by atoms with Crippen molar-refractivity contribution in [2.75, 3.05) is 19.7 Å². The van der Waals surface area contributed by atoms with Crippen LogP contribution in [0.4, 0.5) is 0 Å². The highest BCUT2D eigenvalue weighted by Gasteiger charge is 2.19. The third-order valence-corrected chi connectivity index (χ3v) is 5.90. The van der Waals surface area contributed by atoms with E-state index in [-0.39, 0.29) is 0 Å². The normalized spacial score (nSPS) is 18.0. The molecule has 0 aliphatic carbocycles. The Balaban J connectivity index is 1.47. The Kier molecular flexibility index (Phi) is 9.25. The largest absolute Gasteiger partial charge is 0.396 e. The molecule has 1 heterocycles. The average molecular weight is 393 g/mol. The summed E-state index contributed by atoms with van der Waals surface area (Å²) in [5, 5.41) is 4.55. The fraction of sp³-hybridized carbons (Fsp3) is 0.500. The summed E-state index contributed by atoms with van der Waals surface area (Å²) < 4.78 is 0. The summed E-state index contributed by atoms with van der Waals surface area (Å²) in [6, 6.07) is 21.9. The summed E-state index contributed by atoms with van der Waals surface area (Å²) in [5.41, 5.74) is 3.61. The van der Waals surface area contributed by atoms with E-state index in [0.29, 0.717) is 6.61 Å². The van der Waals surface area contributed by atoms with Gasteiger partial charge in [0, 0.05) is 12.6 Å². The van der Waals surface area contributed by atoms with Gasteiger partial charge in [0.25, 0.3) is 0 Å². The SMILES string of the molecule is CCC1CCCCN1CCCO/N=C(\CCCc1ccccc1)c1ccccc1. The van der Waals surface area contributed by atoms with Crippen LogP contribution in [-0.2, 0) is 11.3 Å². The van der Waals surface area contributed by atoms with Gasteiger partial charge >= 0.3 is 0 Å². The van der Waals surface area contributed by atoms with E-state index in [9.17, 15) is 0 Å². The number of hydrogen-bond acceptors (Lipinski definition) is 3. The molecule has 1 aliphatic heterocycles. The van der Waals surface area contributed by atoms with Crippen LogP contribution in [0.25, 0.3) is 0 Å². The van der Waals surface area contributed by atoms with Crippen LogP contribution in [0.2, 0.25) is 0 Å². The van der Waals surface area contributed by atoms with E-state index in [1.54, 1.807) is 0 Å². The van der Waals surface area contributed by atoms with Crippen LogP contribution >= 0.6 is 0 Å². The Morgan fingerprint density at radius 3 is 2.52 bits per heavy atom. The number of nitrogens with zero attached hydrogens (tertiary/aromatic N) is 2. The van der Waals surface area contributed by atoms with Crippen molar-refractivity contribution in [3.8, 4) is 0 Å². The maximum atomic E-state index is 5.77. The minimum atomic E-state index is 0.696. The van der Waals surface area contributed by atoms with Crippen molar-refractivity contribution in [2.24, 2.45) is 5.16 Å². The predicted molar refractivity (Wildman–Crippen MR) is 122 cm³/mol. The highest BCUT2D eigenvalue weighted by atomic mass is 16.6. The monoisotopic (exact) mass is 392 g/mol. The van der Waals surface area contributed by atoms with E-state index in [0.717, 1.165) is 44.0 Å². The molecule has 0 N–H and O–H groups in total. The molecule has 0 spiro atoms. The molecule has 0 aromatic heterocycles. The summed E-state index contributed by atoms with van der Waals surface area (Å²) in [7, 11) is 0. The minimum absolute atomic E-state index is 0.696. The van der Waals surface area contributed by atoms with Gasteiger partial charge in [-0.3, -0.25) is 0 Å². The van der Waals surface area contributed by atoms with Gasteiger partial charge in [-0.2, -0.15) is 0 Å². The summed E-state index contributed by atoms with van der Waals surface area (Å²) in [6.45, 7) is 5.38. The standard InChI is InChI=1S/C26H36N2O/c1-2-25-18-9-10-20-28(25)21-12-22-29-27-26(24-16-7-4-8-17-24)19-11-15-23-13-5-3-6-14-23/h3-8,13-14,16-17,25H,2,9-12,15,18-22H2,1H3/b27-26+. The molecule has 29 heavy (non-hydrogen) atoms. The lowest BCUT2D eigenvalue weighted by molar-refractivity contribution is 0.102. The first kappa shape index (κ1) is 21.6. The molecule has 1 aliphatic rings. The molecule has 0 amide bonds. The van der Waals surface area contributed by atoms with E-state index in [2.05, 4.69) is 77.6 Å². The van der Waals surface area contributed by atoms with E-state index in [4.69, 9.17) is 4.84 Å². The number of piperidine rings is 1. The minimum Gasteiger partial charge on any atom is -0.396 e. The van der Waals surface area contributed by atoms with Gasteiger partial charge in [0.1, 0.15) is 6.61 Å². The van der Waals surface area contributed by atoms with Gasteiger partial charge in [0.15, 0.2) is 0 Å². The van der Waals surface area contributed by atoms with Crippen molar-refractivity contribution in [1.82, 2.24) is 4.90 Å². The zero-order valence-electron chi connectivity index (χ0n) is 17.9. The van der Waals surface area contributed by atoms with Gasteiger partial charge < -0.3 is 9.74 Å². The predicted octanol–water partition coefficient (Wildman–Crippen LogP) is 6.08. The first-order valence-corrected chi connectivity index (χ1v) is 11.4. The van der Waals surface area contributed by atoms with Gasteiger partial charge in [-0.15, -0.1) is 0 Å². The van der Waals surface area contributed by atoms with Crippen LogP contribution in [0.1, 0.15) is 63.0 Å². The number of benzene rings is 2. The molecule has 1 unspecified atom stereocenters. The summed E-state index contributed by atoms with van der Waals surface area (Å²) in [5.74, 6) is 0. The molecule has 156 valence electrons. The highest BCUT2D eigenvalue weighted by molar-refractivity contribution is 6.00. The van der Waals surface area contributed by atoms with Crippen molar-refractivity contribution in [3.63, 3.8) is 0 Å². The number of oxime groups is 1. The van der Waals surface area contributed by atoms with Crippen LogP contribution in [0.5, 0.6) is 0 Å². The van der Waals surface area contributed by atoms with Crippen LogP contribution in [0.3, 0.4) is 0 Å². The van der Waals surface area contributed by atoms with Crippen molar-refractivity contribution in [1.29, 1.82) is 0 Å². The third-order valence-electron chi connectivity index (χ3n) is 5.90. The Hall–Kier alpha value is -2.13. The molecule has 2 aromatic carbocycles. The molecule has 0 bridgehead atoms. The molecule has 2 aromatic rings. The molecule has 0 saturated carbocycles. The van der Waals surface area contributed by atoms with Crippen LogP contribution < -0.4 is 0 Å². The van der Waals surface area contributed by atoms with Gasteiger partial charge in [-0.25, -0.2) is 0 Å². The lowest BCUT2D eigenvalue weighted by Crippen LogP contribution is -2.39. The second kappa shape index (κ2) is 12.4. The Labute approximate surface area is 176 Å². The van der Waals surface area contributed by atoms with E-state index in [1.807, 2.05) is 0 Å². The molecule has 0 radical (unpaired) electrons. The molecular formula is C26H36N2O. The zero-order valence-corrected chi connectivity index (χ0v) is 17.9. The number of hydrogen-bond donors (Lipinski definition) is 0. The maximum Gasteiger partial charge on any atom is 0.118 e. The second-order valence-corrected chi connectivity index (χ2v) is 8.02. The van der Waals surface area contributed by atoms with Crippen LogP contribution in [0, 0.1) is 0 Å². The highest BCUT2D eigenvalue weighted by Crippen LogP contribution is 2.19. The fourth-order valence-corrected chi connectivity index (χ4v) is 4.25. The summed E-state index contributed by atoms with van der Waals surface area (Å²) in [6.07, 6.45) is 9.48. The van der Waals surface area contributed by atoms with Crippen molar-refractivity contribution in [2.45, 2.75) is 64.3 Å². The van der Waals surface area contributed by atoms with E-state index in [1.165, 1.54) is 43.4 Å². The van der Waals surface area contributed by atoms with E-state index < -0.39 is 0 Å². The molecule has 3 nitrogen and oxygen atoms in total. The lowest BCUT2D eigenvalue weighted by Gasteiger charge is -2.35. The molecular weight excluding hydrogens is 356 g/mol. The lowest BCUT2D eigenvalue weighted by atomic mass is 10.00. The zero-order chi connectivity index (χ0) is 20.2. The Bertz CT molecular complexity index is 714. The Morgan fingerprint density at radius 2 is 1.76 bits per heavy atom. The molecule has 1 saturated heterocycles.